The molecule has 0 fully saturated rings. The number of carboxylic acids is 2. The number of carbonyl (C=O) groups excluding carboxylic acids is 3. The number of rotatable bonds is 10. The Morgan fingerprint density at radius 3 is 1.98 bits per heavy atom. The average Bonchev–Trinajstić information content (AvgIpc) is 3.55. The number of para-hydroxylation sites is 1. The highest BCUT2D eigenvalue weighted by Gasteiger charge is 2.38. The summed E-state index contributed by atoms with van der Waals surface area (Å²) < 4.78 is 37.2. The van der Waals surface area contributed by atoms with Crippen LogP contribution in [-0.2, 0) is 38.7 Å². The second kappa shape index (κ2) is 18.6. The van der Waals surface area contributed by atoms with Crippen molar-refractivity contribution < 1.29 is 52.1 Å². The standard InChI is InChI=1S/C18H18N2O3.C16H16N2O3.C2HF3O2/c19-18(22)15-7-6-14-8-9-20(16(14)10-15)17(21)12-23-11-13-4-2-1-3-5-13;17-10-12-5-4-6-13(9-12)16(21)18(11-15(19)20)14-7-2-1-3-8-14;3-2(4,5)1(6)7/h1-7,10H,8-9,11-12H2,(H2,19,22);1-9H,10-11,17H2,(H,19,20);(H,6,7). The highest BCUT2D eigenvalue weighted by molar-refractivity contribution is 6.08. The summed E-state index contributed by atoms with van der Waals surface area (Å²) in [6.45, 7) is 0.940. The molecule has 6 N–H and O–H groups in total. The van der Waals surface area contributed by atoms with Gasteiger partial charge < -0.3 is 31.3 Å². The minimum Gasteiger partial charge on any atom is -0.480 e. The molecule has 5 rings (SSSR count). The number of aliphatic carboxylic acids is 2. The number of benzene rings is 4. The summed E-state index contributed by atoms with van der Waals surface area (Å²) in [5, 5.41) is 16.2. The molecule has 12 nitrogen and oxygen atoms in total. The number of primary amides is 1. The third-order valence-corrected chi connectivity index (χ3v) is 7.16. The Kier molecular flexibility index (Phi) is 14.4. The largest absolute Gasteiger partial charge is 0.490 e. The van der Waals surface area contributed by atoms with E-state index in [0.717, 1.165) is 28.8 Å². The Morgan fingerprint density at radius 2 is 1.41 bits per heavy atom. The average molecular weight is 709 g/mol. The molecular formula is C36H35F3N4O8. The van der Waals surface area contributed by atoms with E-state index in [9.17, 15) is 32.3 Å². The van der Waals surface area contributed by atoms with Crippen LogP contribution < -0.4 is 21.3 Å². The number of carbonyl (C=O) groups is 5. The van der Waals surface area contributed by atoms with Crippen molar-refractivity contribution in [3.05, 3.63) is 131 Å². The van der Waals surface area contributed by atoms with Gasteiger partial charge in [0.2, 0.25) is 5.91 Å². The molecule has 4 aromatic carbocycles. The van der Waals surface area contributed by atoms with Crippen LogP contribution in [0.2, 0.25) is 0 Å². The van der Waals surface area contributed by atoms with Crippen molar-refractivity contribution >= 4 is 41.0 Å². The van der Waals surface area contributed by atoms with Crippen LogP contribution in [0, 0.1) is 0 Å². The van der Waals surface area contributed by atoms with Crippen molar-refractivity contribution in [3.8, 4) is 0 Å². The molecule has 3 amide bonds. The van der Waals surface area contributed by atoms with Gasteiger partial charge in [-0.05, 0) is 59.5 Å². The number of halogens is 3. The highest BCUT2D eigenvalue weighted by atomic mass is 19.4. The Balaban J connectivity index is 0.000000234. The van der Waals surface area contributed by atoms with Crippen LogP contribution in [0.4, 0.5) is 24.5 Å². The first-order valence-corrected chi connectivity index (χ1v) is 15.2. The maximum Gasteiger partial charge on any atom is 0.490 e. The number of amides is 3. The first-order chi connectivity index (χ1) is 24.2. The van der Waals surface area contributed by atoms with Gasteiger partial charge in [0.1, 0.15) is 13.2 Å². The number of anilines is 2. The van der Waals surface area contributed by atoms with Gasteiger partial charge in [0, 0.05) is 35.6 Å². The molecule has 0 aromatic heterocycles. The molecule has 15 heteroatoms. The van der Waals surface area contributed by atoms with Gasteiger partial charge in [-0.25, -0.2) is 4.79 Å². The quantitative estimate of drug-likeness (QED) is 0.185. The van der Waals surface area contributed by atoms with E-state index in [-0.39, 0.29) is 18.4 Å². The van der Waals surface area contributed by atoms with Crippen LogP contribution in [0.25, 0.3) is 0 Å². The van der Waals surface area contributed by atoms with Crippen molar-refractivity contribution in [1.82, 2.24) is 0 Å². The Hall–Kier alpha value is -6.06. The van der Waals surface area contributed by atoms with Gasteiger partial charge in [-0.1, -0.05) is 66.7 Å². The molecule has 0 radical (unpaired) electrons. The Labute approximate surface area is 290 Å². The third-order valence-electron chi connectivity index (χ3n) is 7.16. The third kappa shape index (κ3) is 12.1. The van der Waals surface area contributed by atoms with E-state index in [0.29, 0.717) is 36.5 Å². The van der Waals surface area contributed by atoms with E-state index >= 15 is 0 Å². The van der Waals surface area contributed by atoms with Crippen LogP contribution in [0.1, 0.15) is 37.4 Å². The first kappa shape index (κ1) is 39.4. The van der Waals surface area contributed by atoms with E-state index in [2.05, 4.69) is 0 Å². The monoisotopic (exact) mass is 708 g/mol. The molecule has 0 spiro atoms. The maximum atomic E-state index is 12.6. The van der Waals surface area contributed by atoms with E-state index in [1.165, 1.54) is 4.90 Å². The number of nitrogens with zero attached hydrogens (tertiary/aromatic N) is 2. The summed E-state index contributed by atoms with van der Waals surface area (Å²) in [4.78, 5) is 59.1. The maximum absolute atomic E-state index is 12.6. The van der Waals surface area contributed by atoms with Crippen LogP contribution >= 0.6 is 0 Å². The van der Waals surface area contributed by atoms with E-state index < -0.39 is 30.6 Å². The van der Waals surface area contributed by atoms with E-state index in [1.807, 2.05) is 48.5 Å². The van der Waals surface area contributed by atoms with Crippen LogP contribution in [0.15, 0.2) is 103 Å². The lowest BCUT2D eigenvalue weighted by molar-refractivity contribution is -0.192. The number of fused-ring (bicyclic) bond motifs is 1. The zero-order chi connectivity index (χ0) is 37.6. The van der Waals surface area contributed by atoms with Gasteiger partial charge in [-0.2, -0.15) is 13.2 Å². The summed E-state index contributed by atoms with van der Waals surface area (Å²) in [5.74, 6) is -4.79. The van der Waals surface area contributed by atoms with Crippen LogP contribution in [0.5, 0.6) is 0 Å². The smallest absolute Gasteiger partial charge is 0.480 e. The van der Waals surface area contributed by atoms with Crippen molar-refractivity contribution in [2.45, 2.75) is 25.7 Å². The van der Waals surface area contributed by atoms with Crippen LogP contribution in [-0.4, -0.2) is 65.7 Å². The number of alkyl halides is 3. The molecular weight excluding hydrogens is 673 g/mol. The number of hydrogen-bond donors (Lipinski definition) is 4. The predicted molar refractivity (Wildman–Crippen MR) is 181 cm³/mol. The van der Waals surface area contributed by atoms with Crippen molar-refractivity contribution in [2.24, 2.45) is 11.5 Å². The minimum atomic E-state index is -5.08. The minimum absolute atomic E-state index is 0.00906. The van der Waals surface area contributed by atoms with Gasteiger partial charge in [0.25, 0.3) is 11.8 Å². The van der Waals surface area contributed by atoms with Gasteiger partial charge >= 0.3 is 18.1 Å². The zero-order valence-electron chi connectivity index (χ0n) is 27.1. The highest BCUT2D eigenvalue weighted by Crippen LogP contribution is 2.29. The molecule has 268 valence electrons. The predicted octanol–water partition coefficient (Wildman–Crippen LogP) is 4.40. The second-order valence-electron chi connectivity index (χ2n) is 10.8. The molecule has 0 unspecified atom stereocenters. The number of hydrogen-bond acceptors (Lipinski definition) is 7. The molecule has 1 aliphatic heterocycles. The summed E-state index contributed by atoms with van der Waals surface area (Å²) in [5.41, 5.74) is 15.9. The van der Waals surface area contributed by atoms with Gasteiger partial charge in [-0.15, -0.1) is 0 Å². The molecule has 0 saturated heterocycles. The fraction of sp³-hybridized carbons (Fsp3) is 0.194. The summed E-state index contributed by atoms with van der Waals surface area (Å²) in [6.07, 6.45) is -4.31. The molecule has 0 bridgehead atoms. The summed E-state index contributed by atoms with van der Waals surface area (Å²) in [7, 11) is 0. The van der Waals surface area contributed by atoms with E-state index in [1.54, 1.807) is 59.5 Å². The molecule has 4 aromatic rings. The van der Waals surface area contributed by atoms with Gasteiger partial charge in [0.05, 0.1) is 6.61 Å². The summed E-state index contributed by atoms with van der Waals surface area (Å²) in [6, 6.07) is 30.6. The van der Waals surface area contributed by atoms with Crippen LogP contribution in [0.3, 0.4) is 0 Å². The molecule has 0 saturated carbocycles. The number of nitrogens with two attached hydrogens (primary N) is 2. The number of ether oxygens (including phenoxy) is 1. The molecule has 0 aliphatic carbocycles. The van der Waals surface area contributed by atoms with Crippen molar-refractivity contribution in [3.63, 3.8) is 0 Å². The first-order valence-electron chi connectivity index (χ1n) is 15.2. The fourth-order valence-electron chi connectivity index (χ4n) is 4.71. The number of carboxylic acid groups (broad SMARTS) is 2. The Morgan fingerprint density at radius 1 is 0.804 bits per heavy atom. The lowest BCUT2D eigenvalue weighted by Gasteiger charge is -2.21. The zero-order valence-corrected chi connectivity index (χ0v) is 27.1. The summed E-state index contributed by atoms with van der Waals surface area (Å²) >= 11 is 0. The van der Waals surface area contributed by atoms with Gasteiger partial charge in [-0.3, -0.25) is 24.1 Å². The fourth-order valence-corrected chi connectivity index (χ4v) is 4.71. The molecule has 51 heavy (non-hydrogen) atoms. The van der Waals surface area contributed by atoms with Crippen molar-refractivity contribution in [1.29, 1.82) is 0 Å². The molecule has 0 atom stereocenters. The second-order valence-corrected chi connectivity index (χ2v) is 10.8. The normalized spacial score (nSPS) is 11.6. The lowest BCUT2D eigenvalue weighted by atomic mass is 10.1. The lowest BCUT2D eigenvalue weighted by Crippen LogP contribution is -2.35. The Bertz CT molecular complexity index is 1820. The van der Waals surface area contributed by atoms with E-state index in [4.69, 9.17) is 31.2 Å². The SMILES string of the molecule is NC(=O)c1ccc2c(c1)N(C(=O)COCc1ccccc1)CC2.NCc1cccc(C(=O)N(CC(=O)O)c2ccccc2)c1.O=C(O)C(F)(F)F. The molecule has 1 heterocycles. The van der Waals surface area contributed by atoms with Crippen molar-refractivity contribution in [2.75, 3.05) is 29.5 Å². The van der Waals surface area contributed by atoms with Gasteiger partial charge in [0.15, 0.2) is 0 Å². The topological polar surface area (TPSA) is 194 Å². The molecule has 1 aliphatic rings.